The Morgan fingerprint density at radius 3 is 2.70 bits per heavy atom. The van der Waals surface area contributed by atoms with Crippen LogP contribution in [0.25, 0.3) is 11.1 Å². The Morgan fingerprint density at radius 2 is 2.00 bits per heavy atom. The molecule has 0 aliphatic rings. The van der Waals surface area contributed by atoms with Gasteiger partial charge in [-0.1, -0.05) is 30.3 Å². The van der Waals surface area contributed by atoms with E-state index in [1.807, 2.05) is 36.4 Å². The highest BCUT2D eigenvalue weighted by atomic mass is 16.5. The molecule has 104 valence electrons. The first-order chi connectivity index (χ1) is 9.60. The monoisotopic (exact) mass is 270 g/mol. The number of carbonyl (C=O) groups is 1. The molecule has 0 fully saturated rings. The van der Waals surface area contributed by atoms with E-state index < -0.39 is 5.97 Å². The quantitative estimate of drug-likeness (QED) is 0.901. The Morgan fingerprint density at radius 1 is 1.20 bits per heavy atom. The number of carboxylic acids is 1. The Labute approximate surface area is 118 Å². The van der Waals surface area contributed by atoms with Crippen LogP contribution in [0.15, 0.2) is 42.5 Å². The highest BCUT2D eigenvalue weighted by Gasteiger charge is 2.06. The summed E-state index contributed by atoms with van der Waals surface area (Å²) in [5.74, 6) is 0.0475. The van der Waals surface area contributed by atoms with Gasteiger partial charge >= 0.3 is 5.97 Å². The molecule has 0 spiro atoms. The van der Waals surface area contributed by atoms with Crippen molar-refractivity contribution in [2.24, 2.45) is 0 Å². The fourth-order valence-corrected chi connectivity index (χ4v) is 2.18. The standard InChI is InChI=1S/C17H18O3/c1-12-6-7-13(8-9-17(18)19)10-16(12)14-4-3-5-15(11-14)20-2/h3-7,10-11H,8-9H2,1-2H3,(H,18,19). The molecule has 0 aliphatic carbocycles. The van der Waals surface area contributed by atoms with Gasteiger partial charge in [-0.15, -0.1) is 0 Å². The fraction of sp³-hybridized carbons (Fsp3) is 0.235. The first-order valence-electron chi connectivity index (χ1n) is 6.56. The van der Waals surface area contributed by atoms with E-state index in [1.165, 1.54) is 0 Å². The average Bonchev–Trinajstić information content (AvgIpc) is 2.46. The second kappa shape index (κ2) is 6.24. The average molecular weight is 270 g/mol. The normalized spacial score (nSPS) is 10.3. The van der Waals surface area contributed by atoms with Gasteiger partial charge < -0.3 is 9.84 Å². The SMILES string of the molecule is COc1cccc(-c2cc(CCC(=O)O)ccc2C)c1. The van der Waals surface area contributed by atoms with Crippen molar-refractivity contribution in [3.63, 3.8) is 0 Å². The molecule has 0 saturated heterocycles. The van der Waals surface area contributed by atoms with Crippen LogP contribution in [-0.4, -0.2) is 18.2 Å². The summed E-state index contributed by atoms with van der Waals surface area (Å²) in [6.07, 6.45) is 0.702. The number of hydrogen-bond donors (Lipinski definition) is 1. The minimum Gasteiger partial charge on any atom is -0.497 e. The second-order valence-electron chi connectivity index (χ2n) is 4.77. The van der Waals surface area contributed by atoms with Gasteiger partial charge in [-0.25, -0.2) is 0 Å². The van der Waals surface area contributed by atoms with E-state index in [-0.39, 0.29) is 6.42 Å². The number of ether oxygens (including phenoxy) is 1. The summed E-state index contributed by atoms with van der Waals surface area (Å²) >= 11 is 0. The van der Waals surface area contributed by atoms with Crippen molar-refractivity contribution < 1.29 is 14.6 Å². The van der Waals surface area contributed by atoms with Crippen molar-refractivity contribution in [2.75, 3.05) is 7.11 Å². The molecular formula is C17H18O3. The summed E-state index contributed by atoms with van der Waals surface area (Å²) in [6.45, 7) is 2.05. The predicted octanol–water partition coefficient (Wildman–Crippen LogP) is 3.69. The molecule has 0 heterocycles. The molecular weight excluding hydrogens is 252 g/mol. The zero-order valence-corrected chi connectivity index (χ0v) is 11.7. The lowest BCUT2D eigenvalue weighted by molar-refractivity contribution is -0.136. The summed E-state index contributed by atoms with van der Waals surface area (Å²) in [4.78, 5) is 10.7. The summed E-state index contributed by atoms with van der Waals surface area (Å²) in [6, 6.07) is 14.0. The molecule has 0 bridgehead atoms. The number of hydrogen-bond acceptors (Lipinski definition) is 2. The van der Waals surface area contributed by atoms with E-state index in [9.17, 15) is 4.79 Å². The highest BCUT2D eigenvalue weighted by Crippen LogP contribution is 2.28. The lowest BCUT2D eigenvalue weighted by Crippen LogP contribution is -1.98. The Kier molecular flexibility index (Phi) is 4.41. The van der Waals surface area contributed by atoms with Crippen LogP contribution in [0.4, 0.5) is 0 Å². The van der Waals surface area contributed by atoms with Crippen LogP contribution in [-0.2, 0) is 11.2 Å². The number of aliphatic carboxylic acids is 1. The summed E-state index contributed by atoms with van der Waals surface area (Å²) < 4.78 is 5.25. The Hall–Kier alpha value is -2.29. The van der Waals surface area contributed by atoms with Crippen molar-refractivity contribution in [2.45, 2.75) is 19.8 Å². The van der Waals surface area contributed by atoms with E-state index in [1.54, 1.807) is 7.11 Å². The Bertz CT molecular complexity index is 617. The summed E-state index contributed by atoms with van der Waals surface area (Å²) in [7, 11) is 1.65. The summed E-state index contributed by atoms with van der Waals surface area (Å²) in [5, 5.41) is 8.77. The van der Waals surface area contributed by atoms with Gasteiger partial charge in [0.1, 0.15) is 5.75 Å². The molecule has 0 unspecified atom stereocenters. The fourth-order valence-electron chi connectivity index (χ4n) is 2.18. The smallest absolute Gasteiger partial charge is 0.303 e. The third-order valence-electron chi connectivity index (χ3n) is 3.31. The lowest BCUT2D eigenvalue weighted by Gasteiger charge is -2.10. The molecule has 20 heavy (non-hydrogen) atoms. The molecule has 3 heteroatoms. The van der Waals surface area contributed by atoms with Crippen LogP contribution in [0, 0.1) is 6.92 Å². The van der Waals surface area contributed by atoms with E-state index >= 15 is 0 Å². The number of rotatable bonds is 5. The molecule has 0 radical (unpaired) electrons. The molecule has 0 atom stereocenters. The van der Waals surface area contributed by atoms with Crippen molar-refractivity contribution >= 4 is 5.97 Å². The largest absolute Gasteiger partial charge is 0.497 e. The maximum Gasteiger partial charge on any atom is 0.303 e. The minimum atomic E-state index is -0.770. The van der Waals surface area contributed by atoms with Gasteiger partial charge in [0.2, 0.25) is 0 Å². The zero-order chi connectivity index (χ0) is 14.5. The molecule has 0 amide bonds. The number of benzene rings is 2. The van der Waals surface area contributed by atoms with E-state index in [0.29, 0.717) is 6.42 Å². The van der Waals surface area contributed by atoms with E-state index in [2.05, 4.69) is 13.0 Å². The van der Waals surface area contributed by atoms with Gasteiger partial charge in [-0.05, 0) is 47.7 Å². The number of carboxylic acid groups (broad SMARTS) is 1. The van der Waals surface area contributed by atoms with Crippen molar-refractivity contribution in [1.29, 1.82) is 0 Å². The molecule has 2 aromatic carbocycles. The van der Waals surface area contributed by atoms with E-state index in [0.717, 1.165) is 28.0 Å². The van der Waals surface area contributed by atoms with Crippen molar-refractivity contribution in [1.82, 2.24) is 0 Å². The topological polar surface area (TPSA) is 46.5 Å². The van der Waals surface area contributed by atoms with Gasteiger partial charge in [0.05, 0.1) is 7.11 Å². The first-order valence-corrected chi connectivity index (χ1v) is 6.56. The van der Waals surface area contributed by atoms with Gasteiger partial charge in [-0.3, -0.25) is 4.79 Å². The van der Waals surface area contributed by atoms with Gasteiger partial charge in [-0.2, -0.15) is 0 Å². The molecule has 0 saturated carbocycles. The third kappa shape index (κ3) is 3.38. The van der Waals surface area contributed by atoms with Crippen LogP contribution in [0.3, 0.4) is 0 Å². The molecule has 0 aromatic heterocycles. The van der Waals surface area contributed by atoms with Crippen LogP contribution in [0.1, 0.15) is 17.5 Å². The number of aryl methyl sites for hydroxylation is 2. The van der Waals surface area contributed by atoms with Crippen molar-refractivity contribution in [3.05, 3.63) is 53.6 Å². The molecule has 0 aliphatic heterocycles. The molecule has 2 aromatic rings. The predicted molar refractivity (Wildman–Crippen MR) is 79.1 cm³/mol. The van der Waals surface area contributed by atoms with Gasteiger partial charge in [0, 0.05) is 6.42 Å². The number of methoxy groups -OCH3 is 1. The van der Waals surface area contributed by atoms with Gasteiger partial charge in [0.25, 0.3) is 0 Å². The van der Waals surface area contributed by atoms with Crippen molar-refractivity contribution in [3.8, 4) is 16.9 Å². The van der Waals surface area contributed by atoms with Gasteiger partial charge in [0.15, 0.2) is 0 Å². The molecule has 3 nitrogen and oxygen atoms in total. The van der Waals surface area contributed by atoms with Crippen LogP contribution in [0.2, 0.25) is 0 Å². The summed E-state index contributed by atoms with van der Waals surface area (Å²) in [5.41, 5.74) is 4.40. The maximum absolute atomic E-state index is 10.7. The van der Waals surface area contributed by atoms with Crippen LogP contribution >= 0.6 is 0 Å². The highest BCUT2D eigenvalue weighted by molar-refractivity contribution is 5.70. The third-order valence-corrected chi connectivity index (χ3v) is 3.31. The minimum absolute atomic E-state index is 0.153. The van der Waals surface area contributed by atoms with E-state index in [4.69, 9.17) is 9.84 Å². The molecule has 1 N–H and O–H groups in total. The maximum atomic E-state index is 10.7. The molecule has 2 rings (SSSR count). The Balaban J connectivity index is 2.34. The zero-order valence-electron chi connectivity index (χ0n) is 11.7. The lowest BCUT2D eigenvalue weighted by atomic mass is 9.96. The van der Waals surface area contributed by atoms with Crippen LogP contribution < -0.4 is 4.74 Å². The second-order valence-corrected chi connectivity index (χ2v) is 4.77. The van der Waals surface area contributed by atoms with Crippen LogP contribution in [0.5, 0.6) is 5.75 Å². The first kappa shape index (κ1) is 14.1.